The van der Waals surface area contributed by atoms with Crippen molar-refractivity contribution in [1.82, 2.24) is 14.7 Å². The minimum absolute atomic E-state index is 0.218. The molecule has 0 aliphatic carbocycles. The maximum Gasteiger partial charge on any atom is 0.410 e. The van der Waals surface area contributed by atoms with Crippen LogP contribution in [0.15, 0.2) is 29.3 Å². The molecule has 1 aromatic carbocycles. The van der Waals surface area contributed by atoms with E-state index in [-0.39, 0.29) is 12.0 Å². The van der Waals surface area contributed by atoms with Crippen LogP contribution in [0.2, 0.25) is 0 Å². The number of ether oxygens (including phenoxy) is 1. The van der Waals surface area contributed by atoms with Crippen LogP contribution in [0.1, 0.15) is 44.7 Å². The highest BCUT2D eigenvalue weighted by atomic mass is 16.6. The van der Waals surface area contributed by atoms with E-state index in [4.69, 9.17) is 10.5 Å². The molecule has 2 heterocycles. The van der Waals surface area contributed by atoms with Crippen LogP contribution in [0.25, 0.3) is 0 Å². The standard InChI is InChI=1S/C22H33N5O3/c1-22(2,3)30-21(29)26-13-11-25(12-14-26)20(23)24-15-17-7-4-5-8-18(17)16-27-10-6-9-19(27)28/h4-5,7-8H,6,9-16H2,1-3H3,(H2,23,24). The molecule has 2 aliphatic rings. The van der Waals surface area contributed by atoms with Crippen molar-refractivity contribution in [2.45, 2.75) is 52.3 Å². The molecule has 0 bridgehead atoms. The van der Waals surface area contributed by atoms with Gasteiger partial charge in [-0.05, 0) is 38.3 Å². The Bertz CT molecular complexity index is 794. The predicted molar refractivity (Wildman–Crippen MR) is 116 cm³/mol. The molecule has 0 spiro atoms. The first kappa shape index (κ1) is 21.9. The lowest BCUT2D eigenvalue weighted by Crippen LogP contribution is -2.53. The van der Waals surface area contributed by atoms with E-state index < -0.39 is 5.60 Å². The third-order valence-corrected chi connectivity index (χ3v) is 5.32. The van der Waals surface area contributed by atoms with Crippen molar-refractivity contribution >= 4 is 18.0 Å². The van der Waals surface area contributed by atoms with Gasteiger partial charge in [-0.25, -0.2) is 9.79 Å². The van der Waals surface area contributed by atoms with E-state index in [1.54, 1.807) is 4.90 Å². The van der Waals surface area contributed by atoms with Gasteiger partial charge in [-0.1, -0.05) is 24.3 Å². The molecule has 8 nitrogen and oxygen atoms in total. The summed E-state index contributed by atoms with van der Waals surface area (Å²) in [5, 5.41) is 0. The van der Waals surface area contributed by atoms with Crippen LogP contribution >= 0.6 is 0 Å². The van der Waals surface area contributed by atoms with Gasteiger partial charge in [0.05, 0.1) is 6.54 Å². The fourth-order valence-corrected chi connectivity index (χ4v) is 3.65. The summed E-state index contributed by atoms with van der Waals surface area (Å²) in [5.41, 5.74) is 7.92. The first-order valence-electron chi connectivity index (χ1n) is 10.6. The molecule has 164 valence electrons. The Morgan fingerprint density at radius 1 is 1.07 bits per heavy atom. The number of hydrogen-bond donors (Lipinski definition) is 1. The van der Waals surface area contributed by atoms with Crippen LogP contribution in [-0.4, -0.2) is 71.0 Å². The van der Waals surface area contributed by atoms with Gasteiger partial charge in [0.2, 0.25) is 5.91 Å². The number of rotatable bonds is 4. The van der Waals surface area contributed by atoms with Gasteiger partial charge >= 0.3 is 6.09 Å². The van der Waals surface area contributed by atoms with Gasteiger partial charge in [-0.3, -0.25) is 4.79 Å². The fourth-order valence-electron chi connectivity index (χ4n) is 3.65. The highest BCUT2D eigenvalue weighted by Gasteiger charge is 2.26. The van der Waals surface area contributed by atoms with Crippen molar-refractivity contribution in [1.29, 1.82) is 0 Å². The number of nitrogens with two attached hydrogens (primary N) is 1. The third-order valence-electron chi connectivity index (χ3n) is 5.32. The van der Waals surface area contributed by atoms with Crippen molar-refractivity contribution in [3.05, 3.63) is 35.4 Å². The Balaban J connectivity index is 1.55. The minimum atomic E-state index is -0.498. The van der Waals surface area contributed by atoms with E-state index in [1.807, 2.05) is 54.8 Å². The van der Waals surface area contributed by atoms with Gasteiger partial charge in [-0.15, -0.1) is 0 Å². The summed E-state index contributed by atoms with van der Waals surface area (Å²) >= 11 is 0. The monoisotopic (exact) mass is 415 g/mol. The topological polar surface area (TPSA) is 91.5 Å². The number of amides is 2. The number of carbonyl (C=O) groups is 2. The lowest BCUT2D eigenvalue weighted by Gasteiger charge is -2.36. The first-order chi connectivity index (χ1) is 14.2. The van der Waals surface area contributed by atoms with Crippen molar-refractivity contribution in [3.63, 3.8) is 0 Å². The van der Waals surface area contributed by atoms with E-state index in [1.165, 1.54) is 0 Å². The zero-order valence-corrected chi connectivity index (χ0v) is 18.3. The van der Waals surface area contributed by atoms with Crippen LogP contribution in [0, 0.1) is 0 Å². The molecule has 2 aliphatic heterocycles. The van der Waals surface area contributed by atoms with Crippen molar-refractivity contribution in [2.24, 2.45) is 10.7 Å². The zero-order valence-electron chi connectivity index (χ0n) is 18.3. The van der Waals surface area contributed by atoms with Gasteiger partial charge in [0.15, 0.2) is 5.96 Å². The number of hydrogen-bond acceptors (Lipinski definition) is 4. The third kappa shape index (κ3) is 5.87. The highest BCUT2D eigenvalue weighted by molar-refractivity contribution is 5.79. The Labute approximate surface area is 178 Å². The molecule has 30 heavy (non-hydrogen) atoms. The Morgan fingerprint density at radius 3 is 2.30 bits per heavy atom. The van der Waals surface area contributed by atoms with Crippen LogP contribution in [-0.2, 0) is 22.6 Å². The molecule has 0 aromatic heterocycles. The number of carbonyl (C=O) groups excluding carboxylic acids is 2. The number of nitrogens with zero attached hydrogens (tertiary/aromatic N) is 4. The molecule has 8 heteroatoms. The molecule has 0 radical (unpaired) electrons. The van der Waals surface area contributed by atoms with E-state index in [0.717, 1.165) is 24.1 Å². The van der Waals surface area contributed by atoms with Gasteiger partial charge < -0.3 is 25.2 Å². The molecule has 0 atom stereocenters. The molecular formula is C22H33N5O3. The van der Waals surface area contributed by atoms with Crippen LogP contribution in [0.4, 0.5) is 4.79 Å². The normalized spacial score (nSPS) is 18.2. The highest BCUT2D eigenvalue weighted by Crippen LogP contribution is 2.18. The maximum atomic E-state index is 12.2. The molecule has 2 N–H and O–H groups in total. The fraction of sp³-hybridized carbons (Fsp3) is 0.591. The number of likely N-dealkylation sites (tertiary alicyclic amines) is 1. The second kappa shape index (κ2) is 9.36. The summed E-state index contributed by atoms with van der Waals surface area (Å²) in [4.78, 5) is 34.3. The lowest BCUT2D eigenvalue weighted by atomic mass is 10.1. The van der Waals surface area contributed by atoms with E-state index >= 15 is 0 Å². The summed E-state index contributed by atoms with van der Waals surface area (Å²) < 4.78 is 5.43. The number of piperazine rings is 1. The van der Waals surface area contributed by atoms with Crippen molar-refractivity contribution in [2.75, 3.05) is 32.7 Å². The molecular weight excluding hydrogens is 382 g/mol. The first-order valence-corrected chi connectivity index (χ1v) is 10.6. The quantitative estimate of drug-likeness (QED) is 0.601. The van der Waals surface area contributed by atoms with E-state index in [9.17, 15) is 9.59 Å². The predicted octanol–water partition coefficient (Wildman–Crippen LogP) is 2.18. The Kier molecular flexibility index (Phi) is 6.84. The summed E-state index contributed by atoms with van der Waals surface area (Å²) in [6, 6.07) is 8.05. The van der Waals surface area contributed by atoms with Crippen LogP contribution < -0.4 is 5.73 Å². The molecule has 1 aromatic rings. The maximum absolute atomic E-state index is 12.2. The molecule has 2 saturated heterocycles. The second-order valence-electron chi connectivity index (χ2n) is 8.82. The summed E-state index contributed by atoms with van der Waals surface area (Å²) in [6.07, 6.45) is 1.28. The molecule has 0 saturated carbocycles. The van der Waals surface area contributed by atoms with Gasteiger partial charge in [0, 0.05) is 45.7 Å². The molecule has 0 unspecified atom stereocenters. The smallest absolute Gasteiger partial charge is 0.410 e. The second-order valence-corrected chi connectivity index (χ2v) is 8.82. The minimum Gasteiger partial charge on any atom is -0.444 e. The lowest BCUT2D eigenvalue weighted by molar-refractivity contribution is -0.128. The Hall–Kier alpha value is -2.77. The SMILES string of the molecule is CC(C)(C)OC(=O)N1CCN(C(N)=NCc2ccccc2CN2CCCC2=O)CC1. The summed E-state index contributed by atoms with van der Waals surface area (Å²) in [5.74, 6) is 0.696. The Morgan fingerprint density at radius 2 is 1.70 bits per heavy atom. The summed E-state index contributed by atoms with van der Waals surface area (Å²) in [7, 11) is 0. The van der Waals surface area contributed by atoms with E-state index in [0.29, 0.717) is 51.6 Å². The number of aliphatic imine (C=N–C) groups is 1. The average molecular weight is 416 g/mol. The van der Waals surface area contributed by atoms with Gasteiger partial charge in [0.25, 0.3) is 0 Å². The van der Waals surface area contributed by atoms with Crippen LogP contribution in [0.3, 0.4) is 0 Å². The molecule has 3 rings (SSSR count). The van der Waals surface area contributed by atoms with Crippen molar-refractivity contribution < 1.29 is 14.3 Å². The number of benzene rings is 1. The van der Waals surface area contributed by atoms with Gasteiger partial charge in [0.1, 0.15) is 5.60 Å². The molecule has 2 fully saturated rings. The average Bonchev–Trinajstić information content (AvgIpc) is 3.10. The van der Waals surface area contributed by atoms with Crippen molar-refractivity contribution in [3.8, 4) is 0 Å². The number of guanidine groups is 1. The largest absolute Gasteiger partial charge is 0.444 e. The molecule has 2 amide bonds. The zero-order chi connectivity index (χ0) is 21.7. The van der Waals surface area contributed by atoms with Gasteiger partial charge in [-0.2, -0.15) is 0 Å². The van der Waals surface area contributed by atoms with E-state index in [2.05, 4.69) is 4.99 Å². The van der Waals surface area contributed by atoms with Crippen LogP contribution in [0.5, 0.6) is 0 Å². The summed E-state index contributed by atoms with van der Waals surface area (Å²) in [6.45, 7) is 9.86.